The molecule has 2 heterocycles. The first-order valence-electron chi connectivity index (χ1n) is 8.50. The Hall–Kier alpha value is -3.12. The number of pyridine rings is 1. The molecule has 0 bridgehead atoms. The summed E-state index contributed by atoms with van der Waals surface area (Å²) >= 11 is 0. The van der Waals surface area contributed by atoms with Crippen molar-refractivity contribution in [1.82, 2.24) is 14.5 Å². The van der Waals surface area contributed by atoms with E-state index < -0.39 is 6.10 Å². The van der Waals surface area contributed by atoms with Gasteiger partial charge in [-0.15, -0.1) is 0 Å². The summed E-state index contributed by atoms with van der Waals surface area (Å²) in [4.78, 5) is 8.82. The van der Waals surface area contributed by atoms with Crippen LogP contribution in [0.2, 0.25) is 0 Å². The molecule has 2 aromatic carbocycles. The fraction of sp³-hybridized carbons (Fsp3) is 0.200. The second-order valence-electron chi connectivity index (χ2n) is 6.39. The average Bonchev–Trinajstić information content (AvgIpc) is 3.04. The first-order valence-corrected chi connectivity index (χ1v) is 8.50. The van der Waals surface area contributed by atoms with E-state index in [0.29, 0.717) is 24.5 Å². The van der Waals surface area contributed by atoms with Gasteiger partial charge in [-0.3, -0.25) is 0 Å². The van der Waals surface area contributed by atoms with Crippen LogP contribution in [0.4, 0.5) is 5.82 Å². The van der Waals surface area contributed by atoms with E-state index in [4.69, 9.17) is 10.5 Å². The fourth-order valence-electron chi connectivity index (χ4n) is 3.09. The van der Waals surface area contributed by atoms with Crippen molar-refractivity contribution in [3.05, 3.63) is 60.4 Å². The zero-order chi connectivity index (χ0) is 18.1. The Morgan fingerprint density at radius 3 is 2.77 bits per heavy atom. The highest BCUT2D eigenvalue weighted by atomic mass is 16.5. The summed E-state index contributed by atoms with van der Waals surface area (Å²) in [6.45, 7) is 2.68. The summed E-state index contributed by atoms with van der Waals surface area (Å²) in [6, 6.07) is 15.8. The molecular formula is C20H20N4O2. The Balaban J connectivity index is 1.73. The van der Waals surface area contributed by atoms with Gasteiger partial charge in [0.2, 0.25) is 0 Å². The quantitative estimate of drug-likeness (QED) is 0.579. The Labute approximate surface area is 150 Å². The number of fused-ring (bicyclic) bond motifs is 3. The van der Waals surface area contributed by atoms with Gasteiger partial charge in [0.1, 0.15) is 17.9 Å². The number of hydrogen-bond donors (Lipinski definition) is 2. The molecule has 4 rings (SSSR count). The van der Waals surface area contributed by atoms with E-state index in [1.165, 1.54) is 0 Å². The molecule has 0 spiro atoms. The van der Waals surface area contributed by atoms with Crippen LogP contribution in [-0.2, 0) is 13.2 Å². The van der Waals surface area contributed by atoms with Gasteiger partial charge in [-0.05, 0) is 24.6 Å². The predicted octanol–water partition coefficient (Wildman–Crippen LogP) is 3.13. The van der Waals surface area contributed by atoms with Gasteiger partial charge >= 0.3 is 0 Å². The normalized spacial score (nSPS) is 12.5. The Morgan fingerprint density at radius 2 is 2.00 bits per heavy atom. The molecule has 0 saturated carbocycles. The van der Waals surface area contributed by atoms with Crippen LogP contribution in [0.5, 0.6) is 5.75 Å². The number of rotatable bonds is 5. The van der Waals surface area contributed by atoms with E-state index in [1.807, 2.05) is 53.1 Å². The van der Waals surface area contributed by atoms with Gasteiger partial charge in [-0.1, -0.05) is 30.3 Å². The zero-order valence-corrected chi connectivity index (χ0v) is 14.5. The minimum atomic E-state index is -0.481. The van der Waals surface area contributed by atoms with E-state index in [0.717, 1.165) is 27.7 Å². The number of ether oxygens (including phenoxy) is 1. The number of anilines is 1. The largest absolute Gasteiger partial charge is 0.489 e. The number of aliphatic hydroxyl groups excluding tert-OH is 1. The Kier molecular flexibility index (Phi) is 4.18. The molecule has 2 aromatic heterocycles. The van der Waals surface area contributed by atoms with Crippen molar-refractivity contribution < 1.29 is 9.84 Å². The Bertz CT molecular complexity index is 1060. The monoisotopic (exact) mass is 348 g/mol. The molecule has 0 aliphatic rings. The first kappa shape index (κ1) is 16.4. The molecule has 4 aromatic rings. The maximum atomic E-state index is 9.73. The van der Waals surface area contributed by atoms with Crippen LogP contribution in [-0.4, -0.2) is 25.7 Å². The highest BCUT2D eigenvalue weighted by molar-refractivity contribution is 6.06. The number of nitrogens with two attached hydrogens (primary N) is 1. The second kappa shape index (κ2) is 6.65. The summed E-state index contributed by atoms with van der Waals surface area (Å²) < 4.78 is 7.79. The third-order valence-corrected chi connectivity index (χ3v) is 4.25. The maximum absolute atomic E-state index is 9.73. The van der Waals surface area contributed by atoms with Crippen molar-refractivity contribution in [3.63, 3.8) is 0 Å². The van der Waals surface area contributed by atoms with Crippen LogP contribution in [0.3, 0.4) is 0 Å². The van der Waals surface area contributed by atoms with E-state index in [2.05, 4.69) is 9.97 Å². The smallest absolute Gasteiger partial charge is 0.152 e. The molecule has 132 valence electrons. The molecule has 0 fully saturated rings. The molecule has 3 N–H and O–H groups in total. The molecule has 1 unspecified atom stereocenters. The molecule has 6 heteroatoms. The molecule has 26 heavy (non-hydrogen) atoms. The number of nitrogen functional groups attached to an aromatic ring is 1. The van der Waals surface area contributed by atoms with Crippen LogP contribution in [0.15, 0.2) is 54.9 Å². The molecule has 0 aliphatic heterocycles. The van der Waals surface area contributed by atoms with Crippen LogP contribution in [0, 0.1) is 0 Å². The number of aliphatic hydroxyl groups is 1. The summed E-state index contributed by atoms with van der Waals surface area (Å²) in [6.07, 6.45) is 1.21. The first-order chi connectivity index (χ1) is 12.6. The van der Waals surface area contributed by atoms with Gasteiger partial charge in [-0.25, -0.2) is 9.97 Å². The molecule has 6 nitrogen and oxygen atoms in total. The van der Waals surface area contributed by atoms with Gasteiger partial charge in [0, 0.05) is 18.0 Å². The van der Waals surface area contributed by atoms with Crippen LogP contribution in [0.1, 0.15) is 12.5 Å². The second-order valence-corrected chi connectivity index (χ2v) is 6.39. The lowest BCUT2D eigenvalue weighted by Crippen LogP contribution is -2.11. The number of nitrogens with zero attached hydrogens (tertiary/aromatic N) is 3. The SMILES string of the molecule is CC(O)Cn1cnc2c(N)nc3cc(OCc4ccccc4)ccc3c21. The summed E-state index contributed by atoms with van der Waals surface area (Å²) in [5.41, 5.74) is 9.46. The third-order valence-electron chi connectivity index (χ3n) is 4.25. The molecule has 0 saturated heterocycles. The van der Waals surface area contributed by atoms with Crippen molar-refractivity contribution in [2.45, 2.75) is 26.2 Å². The lowest BCUT2D eigenvalue weighted by molar-refractivity contribution is 0.175. The lowest BCUT2D eigenvalue weighted by atomic mass is 10.1. The predicted molar refractivity (Wildman–Crippen MR) is 102 cm³/mol. The van der Waals surface area contributed by atoms with Gasteiger partial charge in [0.25, 0.3) is 0 Å². The highest BCUT2D eigenvalue weighted by Gasteiger charge is 2.14. The minimum absolute atomic E-state index is 0.372. The van der Waals surface area contributed by atoms with Crippen LogP contribution >= 0.6 is 0 Å². The number of aromatic nitrogens is 3. The van der Waals surface area contributed by atoms with Crippen molar-refractivity contribution in [1.29, 1.82) is 0 Å². The average molecular weight is 348 g/mol. The molecular weight excluding hydrogens is 328 g/mol. The van der Waals surface area contributed by atoms with Gasteiger partial charge < -0.3 is 20.1 Å². The Morgan fingerprint density at radius 1 is 1.19 bits per heavy atom. The van der Waals surface area contributed by atoms with E-state index in [1.54, 1.807) is 13.3 Å². The standard InChI is InChI=1S/C20H20N4O2/c1-13(25)10-24-12-22-18-19(24)16-8-7-15(9-17(16)23-20(18)21)26-11-14-5-3-2-4-6-14/h2-9,12-13,25H,10-11H2,1H3,(H2,21,23). The van der Waals surface area contributed by atoms with Crippen molar-refractivity contribution in [2.75, 3.05) is 5.73 Å². The van der Waals surface area contributed by atoms with E-state index in [9.17, 15) is 5.11 Å². The number of imidazole rings is 1. The third kappa shape index (κ3) is 3.07. The van der Waals surface area contributed by atoms with Gasteiger partial charge in [0.05, 0.1) is 23.5 Å². The topological polar surface area (TPSA) is 86.2 Å². The zero-order valence-electron chi connectivity index (χ0n) is 14.5. The summed E-state index contributed by atoms with van der Waals surface area (Å²) in [7, 11) is 0. The molecule has 1 atom stereocenters. The summed E-state index contributed by atoms with van der Waals surface area (Å²) in [5, 5.41) is 10.7. The van der Waals surface area contributed by atoms with Crippen molar-refractivity contribution in [3.8, 4) is 5.75 Å². The van der Waals surface area contributed by atoms with E-state index in [-0.39, 0.29) is 0 Å². The molecule has 0 aliphatic carbocycles. The maximum Gasteiger partial charge on any atom is 0.152 e. The number of benzene rings is 2. The highest BCUT2D eigenvalue weighted by Crippen LogP contribution is 2.30. The van der Waals surface area contributed by atoms with Gasteiger partial charge in [0.15, 0.2) is 5.82 Å². The van der Waals surface area contributed by atoms with Crippen molar-refractivity contribution in [2.24, 2.45) is 0 Å². The minimum Gasteiger partial charge on any atom is -0.489 e. The fourth-order valence-corrected chi connectivity index (χ4v) is 3.09. The van der Waals surface area contributed by atoms with E-state index >= 15 is 0 Å². The van der Waals surface area contributed by atoms with Crippen LogP contribution < -0.4 is 10.5 Å². The number of hydrogen-bond acceptors (Lipinski definition) is 5. The molecule has 0 amide bonds. The molecule has 0 radical (unpaired) electrons. The van der Waals surface area contributed by atoms with Crippen molar-refractivity contribution >= 4 is 27.8 Å². The lowest BCUT2D eigenvalue weighted by Gasteiger charge is -2.11. The summed E-state index contributed by atoms with van der Waals surface area (Å²) in [5.74, 6) is 1.10. The van der Waals surface area contributed by atoms with Gasteiger partial charge in [-0.2, -0.15) is 0 Å². The van der Waals surface area contributed by atoms with Crippen LogP contribution in [0.25, 0.3) is 21.9 Å².